The lowest BCUT2D eigenvalue weighted by Crippen LogP contribution is -2.72. The van der Waals surface area contributed by atoms with Crippen molar-refractivity contribution in [2.45, 2.75) is 63.8 Å². The van der Waals surface area contributed by atoms with Gasteiger partial charge in [0, 0.05) is 5.41 Å². The zero-order valence-electron chi connectivity index (χ0n) is 12.9. The van der Waals surface area contributed by atoms with E-state index in [1.807, 2.05) is 0 Å². The summed E-state index contributed by atoms with van der Waals surface area (Å²) in [4.78, 5) is 0. The van der Waals surface area contributed by atoms with E-state index in [-0.39, 0.29) is 16.1 Å². The minimum absolute atomic E-state index is 0.0316. The largest absolute Gasteiger partial charge is 0.411 e. The van der Waals surface area contributed by atoms with Crippen molar-refractivity contribution in [1.29, 1.82) is 0 Å². The van der Waals surface area contributed by atoms with E-state index in [0.717, 1.165) is 25.5 Å². The van der Waals surface area contributed by atoms with E-state index in [1.165, 1.54) is 0 Å². The number of hydrogen-bond acceptors (Lipinski definition) is 4. The fraction of sp³-hybridized carbons (Fsp3) is 1.00. The summed E-state index contributed by atoms with van der Waals surface area (Å²) >= 11 is 0. The highest BCUT2D eigenvalue weighted by molar-refractivity contribution is 7.85. The van der Waals surface area contributed by atoms with Crippen LogP contribution in [-0.4, -0.2) is 35.2 Å². The van der Waals surface area contributed by atoms with Crippen LogP contribution in [0.1, 0.15) is 40.0 Å². The maximum atomic E-state index is 11.0. The minimum atomic E-state index is -3.32. The van der Waals surface area contributed by atoms with Gasteiger partial charge in [0.2, 0.25) is 0 Å². The lowest BCUT2D eigenvalue weighted by molar-refractivity contribution is -0.259. The third-order valence-corrected chi connectivity index (χ3v) is 10.1. The molecule has 0 aromatic carbocycles. The van der Waals surface area contributed by atoms with Crippen LogP contribution in [0.4, 0.5) is 0 Å². The third-order valence-electron chi connectivity index (χ3n) is 4.95. The van der Waals surface area contributed by atoms with Gasteiger partial charge in [0.15, 0.2) is 8.32 Å². The standard InChI is InChI=1S/C13H26O4SSi/c1-11(2,3)19(5,6)17-13-7-12(8-13,9-13)10-16-18(4,14)15/h7-10H2,1-6H3. The van der Waals surface area contributed by atoms with Crippen molar-refractivity contribution >= 4 is 18.4 Å². The summed E-state index contributed by atoms with van der Waals surface area (Å²) in [6.45, 7) is 11.6. The smallest absolute Gasteiger partial charge is 0.264 e. The van der Waals surface area contributed by atoms with Gasteiger partial charge in [-0.2, -0.15) is 8.42 Å². The molecule has 19 heavy (non-hydrogen) atoms. The number of rotatable bonds is 5. The maximum absolute atomic E-state index is 11.0. The van der Waals surface area contributed by atoms with Crippen molar-refractivity contribution in [3.05, 3.63) is 0 Å². The summed E-state index contributed by atoms with van der Waals surface area (Å²) in [7, 11) is -5.04. The predicted octanol–water partition coefficient (Wildman–Crippen LogP) is 2.91. The van der Waals surface area contributed by atoms with Crippen LogP contribution in [0.15, 0.2) is 0 Å². The molecule has 3 aliphatic carbocycles. The van der Waals surface area contributed by atoms with Crippen LogP contribution in [0.3, 0.4) is 0 Å². The Morgan fingerprint density at radius 2 is 1.63 bits per heavy atom. The molecule has 0 unspecified atom stereocenters. The molecule has 112 valence electrons. The average molecular weight is 307 g/mol. The van der Waals surface area contributed by atoms with E-state index in [2.05, 4.69) is 33.9 Å². The highest BCUT2D eigenvalue weighted by Gasteiger charge is 2.70. The fourth-order valence-electron chi connectivity index (χ4n) is 3.08. The van der Waals surface area contributed by atoms with Gasteiger partial charge in [-0.1, -0.05) is 20.8 Å². The molecule has 0 aromatic rings. The van der Waals surface area contributed by atoms with Crippen LogP contribution in [0.5, 0.6) is 0 Å². The van der Waals surface area contributed by atoms with Gasteiger partial charge in [-0.25, -0.2) is 0 Å². The van der Waals surface area contributed by atoms with E-state index in [4.69, 9.17) is 8.61 Å². The van der Waals surface area contributed by atoms with Crippen LogP contribution >= 0.6 is 0 Å². The molecule has 2 bridgehead atoms. The zero-order chi connectivity index (χ0) is 14.7. The normalized spacial score (nSPS) is 34.6. The highest BCUT2D eigenvalue weighted by Crippen LogP contribution is 2.70. The Kier molecular flexibility index (Phi) is 3.30. The van der Waals surface area contributed by atoms with Crippen LogP contribution in [0.25, 0.3) is 0 Å². The summed E-state index contributed by atoms with van der Waals surface area (Å²) in [5.74, 6) is 0. The number of hydrogen-bond donors (Lipinski definition) is 0. The second-order valence-corrected chi connectivity index (χ2v) is 14.4. The van der Waals surface area contributed by atoms with Crippen molar-refractivity contribution in [3.8, 4) is 0 Å². The average Bonchev–Trinajstić information content (AvgIpc) is 2.02. The monoisotopic (exact) mass is 306 g/mol. The van der Waals surface area contributed by atoms with Gasteiger partial charge >= 0.3 is 0 Å². The third kappa shape index (κ3) is 2.91. The molecule has 0 aromatic heterocycles. The molecular weight excluding hydrogens is 280 g/mol. The van der Waals surface area contributed by atoms with E-state index >= 15 is 0 Å². The molecule has 4 nitrogen and oxygen atoms in total. The zero-order valence-corrected chi connectivity index (χ0v) is 14.7. The van der Waals surface area contributed by atoms with Gasteiger partial charge in [0.1, 0.15) is 0 Å². The molecule has 0 saturated heterocycles. The first-order valence-corrected chi connectivity index (χ1v) is 11.6. The highest BCUT2D eigenvalue weighted by atomic mass is 32.2. The Balaban J connectivity index is 1.87. The van der Waals surface area contributed by atoms with Gasteiger partial charge in [-0.05, 0) is 37.4 Å². The maximum Gasteiger partial charge on any atom is 0.264 e. The van der Waals surface area contributed by atoms with Gasteiger partial charge in [-0.3, -0.25) is 4.18 Å². The molecule has 3 saturated carbocycles. The van der Waals surface area contributed by atoms with Gasteiger partial charge in [-0.15, -0.1) is 0 Å². The van der Waals surface area contributed by atoms with E-state index in [9.17, 15) is 8.42 Å². The first-order chi connectivity index (χ1) is 8.29. The van der Waals surface area contributed by atoms with Gasteiger partial charge < -0.3 is 4.43 Å². The lowest BCUT2D eigenvalue weighted by Gasteiger charge is -2.71. The minimum Gasteiger partial charge on any atom is -0.411 e. The van der Waals surface area contributed by atoms with Crippen LogP contribution < -0.4 is 0 Å². The van der Waals surface area contributed by atoms with Crippen LogP contribution in [-0.2, 0) is 18.7 Å². The summed E-state index contributed by atoms with van der Waals surface area (Å²) in [5.41, 5.74) is 0.106. The first kappa shape index (κ1) is 15.5. The molecule has 0 heterocycles. The van der Waals surface area contributed by atoms with E-state index in [0.29, 0.717) is 6.61 Å². The molecule has 0 aliphatic heterocycles. The molecule has 0 amide bonds. The molecule has 0 atom stereocenters. The summed E-state index contributed by atoms with van der Waals surface area (Å²) in [6, 6.07) is 0. The quantitative estimate of drug-likeness (QED) is 0.579. The van der Waals surface area contributed by atoms with Crippen molar-refractivity contribution in [2.75, 3.05) is 12.9 Å². The topological polar surface area (TPSA) is 52.6 Å². The molecule has 3 rings (SSSR count). The van der Waals surface area contributed by atoms with Crippen LogP contribution in [0.2, 0.25) is 18.1 Å². The molecule has 0 spiro atoms. The molecule has 0 N–H and O–H groups in total. The van der Waals surface area contributed by atoms with E-state index < -0.39 is 18.4 Å². The Morgan fingerprint density at radius 1 is 1.16 bits per heavy atom. The molecule has 0 radical (unpaired) electrons. The van der Waals surface area contributed by atoms with Crippen molar-refractivity contribution in [1.82, 2.24) is 0 Å². The van der Waals surface area contributed by atoms with Crippen molar-refractivity contribution in [2.24, 2.45) is 5.41 Å². The molecule has 6 heteroatoms. The molecule has 3 fully saturated rings. The fourth-order valence-corrected chi connectivity index (χ4v) is 5.15. The lowest BCUT2D eigenvalue weighted by atomic mass is 9.41. The molecule has 3 aliphatic rings. The Hall–Kier alpha value is 0.0869. The van der Waals surface area contributed by atoms with E-state index in [1.54, 1.807) is 0 Å². The Labute approximate surface area is 118 Å². The first-order valence-electron chi connectivity index (χ1n) is 6.83. The molecular formula is C13H26O4SSi. The second-order valence-electron chi connectivity index (χ2n) is 8.04. The van der Waals surface area contributed by atoms with Gasteiger partial charge in [0.05, 0.1) is 18.5 Å². The second kappa shape index (κ2) is 4.05. The Bertz CT molecular complexity index is 456. The SMILES string of the molecule is CC(C)(C)[Si](C)(C)OC12CC(COS(C)(=O)=O)(C1)C2. The summed E-state index contributed by atoms with van der Waals surface area (Å²) in [6.07, 6.45) is 3.99. The Morgan fingerprint density at radius 3 is 2.00 bits per heavy atom. The predicted molar refractivity (Wildman–Crippen MR) is 78.1 cm³/mol. The van der Waals surface area contributed by atoms with Crippen molar-refractivity contribution < 1.29 is 17.0 Å². The van der Waals surface area contributed by atoms with Crippen molar-refractivity contribution in [3.63, 3.8) is 0 Å². The van der Waals surface area contributed by atoms with Crippen LogP contribution in [0, 0.1) is 5.41 Å². The summed E-state index contributed by atoms with van der Waals surface area (Å²) in [5, 5.41) is 0.221. The summed E-state index contributed by atoms with van der Waals surface area (Å²) < 4.78 is 33.5. The van der Waals surface area contributed by atoms with Gasteiger partial charge in [0.25, 0.3) is 10.1 Å².